The Hall–Kier alpha value is -3.40. The van der Waals surface area contributed by atoms with E-state index in [4.69, 9.17) is 11.6 Å². The Balaban J connectivity index is 1.74. The lowest BCUT2D eigenvalue weighted by Gasteiger charge is -2.38. The summed E-state index contributed by atoms with van der Waals surface area (Å²) in [7, 11) is 0. The molecule has 10 heteroatoms. The lowest BCUT2D eigenvalue weighted by Crippen LogP contribution is -2.55. The van der Waals surface area contributed by atoms with Crippen LogP contribution in [0, 0.1) is 6.92 Å². The number of halogens is 1. The first-order valence-electron chi connectivity index (χ1n) is 10.1. The number of hydrogen-bond donors (Lipinski definition) is 2. The fraction of sp³-hybridized carbons (Fsp3) is 0.227. The first-order chi connectivity index (χ1) is 15.5. The summed E-state index contributed by atoms with van der Waals surface area (Å²) >= 11 is 6.23. The molecule has 0 saturated carbocycles. The summed E-state index contributed by atoms with van der Waals surface area (Å²) in [6.07, 6.45) is 6.03. The average molecular weight is 452 g/mol. The molecule has 0 bridgehead atoms. The molecule has 0 atom stereocenters. The minimum atomic E-state index is -0.425. The van der Waals surface area contributed by atoms with Crippen molar-refractivity contribution in [1.29, 1.82) is 0 Å². The second-order valence-corrected chi connectivity index (χ2v) is 7.68. The number of piperazine rings is 1. The summed E-state index contributed by atoms with van der Waals surface area (Å²) in [6, 6.07) is 8.43. The zero-order chi connectivity index (χ0) is 22.5. The Morgan fingerprint density at radius 2 is 1.91 bits per heavy atom. The van der Waals surface area contributed by atoms with Crippen LogP contribution < -0.4 is 15.6 Å². The third-order valence-corrected chi connectivity index (χ3v) is 5.17. The highest BCUT2D eigenvalue weighted by molar-refractivity contribution is 6.31. The number of amides is 2. The van der Waals surface area contributed by atoms with Crippen molar-refractivity contribution in [3.05, 3.63) is 77.0 Å². The van der Waals surface area contributed by atoms with E-state index in [2.05, 4.69) is 25.6 Å². The number of anilines is 2. The second-order valence-electron chi connectivity index (χ2n) is 7.25. The molecule has 1 fully saturated rings. The SMILES string of the molecule is Cc1ccc(NC(=O)c2cc(Cl)ccc2N(C(=O)c2cnccn2)N2CCNCC2)nc1. The van der Waals surface area contributed by atoms with Gasteiger partial charge < -0.3 is 10.6 Å². The Morgan fingerprint density at radius 3 is 2.59 bits per heavy atom. The van der Waals surface area contributed by atoms with Gasteiger partial charge in [-0.15, -0.1) is 0 Å². The number of nitrogens with zero attached hydrogens (tertiary/aromatic N) is 5. The van der Waals surface area contributed by atoms with Crippen LogP contribution in [0.2, 0.25) is 5.02 Å². The van der Waals surface area contributed by atoms with Gasteiger partial charge in [0.05, 0.1) is 17.4 Å². The lowest BCUT2D eigenvalue weighted by atomic mass is 10.1. The maximum absolute atomic E-state index is 13.5. The van der Waals surface area contributed by atoms with Gasteiger partial charge in [-0.05, 0) is 36.8 Å². The van der Waals surface area contributed by atoms with Crippen LogP contribution in [0.25, 0.3) is 0 Å². The van der Waals surface area contributed by atoms with E-state index in [1.165, 1.54) is 23.6 Å². The standard InChI is InChI=1S/C22H22ClN7O2/c1-15-2-5-20(27-13-15)28-21(31)17-12-16(23)3-4-19(17)30(29-10-8-24-9-11-29)22(32)18-14-25-6-7-26-18/h2-7,12-14,24H,8-11H2,1H3,(H,27,28,31). The minimum Gasteiger partial charge on any atom is -0.314 e. The number of benzene rings is 1. The highest BCUT2D eigenvalue weighted by Gasteiger charge is 2.30. The third-order valence-electron chi connectivity index (χ3n) is 4.94. The van der Waals surface area contributed by atoms with Crippen molar-refractivity contribution < 1.29 is 9.59 Å². The molecule has 1 saturated heterocycles. The average Bonchev–Trinajstić information content (AvgIpc) is 2.82. The summed E-state index contributed by atoms with van der Waals surface area (Å²) in [5.41, 5.74) is 1.80. The van der Waals surface area contributed by atoms with Crippen LogP contribution in [0.4, 0.5) is 11.5 Å². The van der Waals surface area contributed by atoms with Crippen LogP contribution >= 0.6 is 11.6 Å². The number of carbonyl (C=O) groups is 2. The molecule has 2 N–H and O–H groups in total. The van der Waals surface area contributed by atoms with Gasteiger partial charge in [-0.2, -0.15) is 0 Å². The van der Waals surface area contributed by atoms with Gasteiger partial charge in [0, 0.05) is 49.8 Å². The van der Waals surface area contributed by atoms with Crippen molar-refractivity contribution in [2.24, 2.45) is 0 Å². The van der Waals surface area contributed by atoms with Crippen molar-refractivity contribution >= 4 is 34.9 Å². The number of rotatable bonds is 5. The number of nitrogens with one attached hydrogen (secondary N) is 2. The zero-order valence-electron chi connectivity index (χ0n) is 17.5. The van der Waals surface area contributed by atoms with Gasteiger partial charge >= 0.3 is 0 Å². The van der Waals surface area contributed by atoms with Crippen molar-refractivity contribution in [3.8, 4) is 0 Å². The van der Waals surface area contributed by atoms with Gasteiger partial charge in [-0.25, -0.2) is 20.0 Å². The van der Waals surface area contributed by atoms with E-state index in [0.717, 1.165) is 5.56 Å². The van der Waals surface area contributed by atoms with E-state index in [1.54, 1.807) is 30.5 Å². The predicted octanol–water partition coefficient (Wildman–Crippen LogP) is 2.55. The number of hydrogen-bond acceptors (Lipinski definition) is 7. The van der Waals surface area contributed by atoms with Gasteiger partial charge in [0.2, 0.25) is 0 Å². The molecule has 1 aliphatic rings. The quantitative estimate of drug-likeness (QED) is 0.614. The van der Waals surface area contributed by atoms with Crippen LogP contribution in [0.1, 0.15) is 26.4 Å². The molecule has 3 heterocycles. The molecule has 4 rings (SSSR count). The van der Waals surface area contributed by atoms with Crippen molar-refractivity contribution in [2.75, 3.05) is 36.5 Å². The summed E-state index contributed by atoms with van der Waals surface area (Å²) in [6.45, 7) is 4.47. The van der Waals surface area contributed by atoms with E-state index >= 15 is 0 Å². The zero-order valence-corrected chi connectivity index (χ0v) is 18.2. The Labute approximate surface area is 190 Å². The molecule has 32 heavy (non-hydrogen) atoms. The fourth-order valence-corrected chi connectivity index (χ4v) is 3.53. The molecule has 3 aromatic rings. The maximum atomic E-state index is 13.5. The molecule has 2 amide bonds. The monoisotopic (exact) mass is 451 g/mol. The molecule has 0 aliphatic carbocycles. The second kappa shape index (κ2) is 9.82. The van der Waals surface area contributed by atoms with Crippen LogP contribution in [0.15, 0.2) is 55.1 Å². The normalized spacial score (nSPS) is 14.1. The predicted molar refractivity (Wildman–Crippen MR) is 122 cm³/mol. The molecule has 1 aromatic carbocycles. The summed E-state index contributed by atoms with van der Waals surface area (Å²) in [4.78, 5) is 39.1. The topological polar surface area (TPSA) is 103 Å². The van der Waals surface area contributed by atoms with Crippen LogP contribution in [0.5, 0.6) is 0 Å². The largest absolute Gasteiger partial charge is 0.314 e. The van der Waals surface area contributed by atoms with Gasteiger partial charge in [0.25, 0.3) is 11.8 Å². The van der Waals surface area contributed by atoms with Crippen molar-refractivity contribution in [3.63, 3.8) is 0 Å². The van der Waals surface area contributed by atoms with Crippen LogP contribution in [0.3, 0.4) is 0 Å². The third kappa shape index (κ3) is 4.91. The van der Waals surface area contributed by atoms with Crippen LogP contribution in [-0.2, 0) is 0 Å². The summed E-state index contributed by atoms with van der Waals surface area (Å²) in [5, 5.41) is 9.80. The number of aryl methyl sites for hydroxylation is 1. The van der Waals surface area contributed by atoms with Gasteiger partial charge in [0.15, 0.2) is 0 Å². The highest BCUT2D eigenvalue weighted by Crippen LogP contribution is 2.28. The lowest BCUT2D eigenvalue weighted by molar-refractivity contribution is 0.0874. The number of pyridine rings is 1. The molecule has 0 spiro atoms. The molecule has 164 valence electrons. The summed E-state index contributed by atoms with van der Waals surface area (Å²) < 4.78 is 0. The van der Waals surface area contributed by atoms with Crippen molar-refractivity contribution in [2.45, 2.75) is 6.92 Å². The molecule has 0 radical (unpaired) electrons. The fourth-order valence-electron chi connectivity index (χ4n) is 3.36. The Kier molecular flexibility index (Phi) is 6.69. The number of carbonyl (C=O) groups excluding carboxylic acids is 2. The molecular formula is C22H22ClN7O2. The highest BCUT2D eigenvalue weighted by atomic mass is 35.5. The number of hydrazine groups is 1. The van der Waals surface area contributed by atoms with E-state index < -0.39 is 5.91 Å². The maximum Gasteiger partial charge on any atom is 0.293 e. The van der Waals surface area contributed by atoms with Gasteiger partial charge in [0.1, 0.15) is 11.5 Å². The molecule has 0 unspecified atom stereocenters. The van der Waals surface area contributed by atoms with Gasteiger partial charge in [-0.3, -0.25) is 14.6 Å². The van der Waals surface area contributed by atoms with E-state index in [0.29, 0.717) is 42.7 Å². The molecule has 1 aliphatic heterocycles. The molecule has 9 nitrogen and oxygen atoms in total. The van der Waals surface area contributed by atoms with Gasteiger partial charge in [-0.1, -0.05) is 17.7 Å². The Bertz CT molecular complexity index is 1100. The minimum absolute atomic E-state index is 0.174. The van der Waals surface area contributed by atoms with E-state index in [-0.39, 0.29) is 17.2 Å². The van der Waals surface area contributed by atoms with Crippen LogP contribution in [-0.4, -0.2) is 58.0 Å². The van der Waals surface area contributed by atoms with E-state index in [9.17, 15) is 9.59 Å². The smallest absolute Gasteiger partial charge is 0.293 e. The molecule has 2 aromatic heterocycles. The summed E-state index contributed by atoms with van der Waals surface area (Å²) in [5.74, 6) is -0.406. The van der Waals surface area contributed by atoms with E-state index in [1.807, 2.05) is 18.0 Å². The first kappa shape index (κ1) is 21.8. The molecular weight excluding hydrogens is 430 g/mol. The first-order valence-corrected chi connectivity index (χ1v) is 10.5. The van der Waals surface area contributed by atoms with Crippen molar-refractivity contribution in [1.82, 2.24) is 25.3 Å². The number of aromatic nitrogens is 3. The Morgan fingerprint density at radius 1 is 1.09 bits per heavy atom.